The molecule has 0 fully saturated rings. The van der Waals surface area contributed by atoms with Gasteiger partial charge in [0.1, 0.15) is 5.82 Å². The number of methoxy groups -OCH3 is 1. The van der Waals surface area contributed by atoms with E-state index in [9.17, 15) is 14.0 Å². The highest BCUT2D eigenvalue weighted by atomic mass is 19.1. The summed E-state index contributed by atoms with van der Waals surface area (Å²) in [4.78, 5) is 23.1. The Kier molecular flexibility index (Phi) is 5.92. The number of nitrogens with one attached hydrogen (secondary N) is 2. The molecule has 20 heavy (non-hydrogen) atoms. The molecular formula is C13H18FN3O3. The number of nitrogen functional groups attached to an aromatic ring is 1. The largest absolute Gasteiger partial charge is 0.398 e. The molecule has 1 aromatic carbocycles. The highest BCUT2D eigenvalue weighted by Gasteiger charge is 2.12. The van der Waals surface area contributed by atoms with E-state index in [1.54, 1.807) is 0 Å². The molecule has 0 aliphatic heterocycles. The van der Waals surface area contributed by atoms with Crippen molar-refractivity contribution in [1.82, 2.24) is 10.6 Å². The molecule has 1 rings (SSSR count). The first-order chi connectivity index (χ1) is 9.45. The number of hydrogen-bond donors (Lipinski definition) is 3. The number of amides is 2. The standard InChI is InChI=1S/C13H18FN3O3/c1-8-10(14)5-9(6-11(8)15)13(19)17-7-12(18)16-3-4-20-2/h5-6H,3-4,7,15H2,1-2H3,(H,16,18)(H,17,19). The second-order valence-electron chi connectivity index (χ2n) is 4.20. The zero-order chi connectivity index (χ0) is 15.1. The summed E-state index contributed by atoms with van der Waals surface area (Å²) in [5.74, 6) is -1.46. The molecule has 0 radical (unpaired) electrons. The van der Waals surface area contributed by atoms with Crippen LogP contribution < -0.4 is 16.4 Å². The van der Waals surface area contributed by atoms with Crippen LogP contribution in [0.5, 0.6) is 0 Å². The van der Waals surface area contributed by atoms with E-state index in [4.69, 9.17) is 10.5 Å². The third kappa shape index (κ3) is 4.51. The van der Waals surface area contributed by atoms with E-state index in [1.807, 2.05) is 0 Å². The molecule has 1 aromatic rings. The number of rotatable bonds is 6. The number of halogens is 1. The molecule has 0 saturated carbocycles. The smallest absolute Gasteiger partial charge is 0.251 e. The third-order valence-electron chi connectivity index (χ3n) is 2.68. The monoisotopic (exact) mass is 283 g/mol. The average Bonchev–Trinajstić information content (AvgIpc) is 2.41. The minimum Gasteiger partial charge on any atom is -0.398 e. The van der Waals surface area contributed by atoms with Crippen LogP contribution >= 0.6 is 0 Å². The summed E-state index contributed by atoms with van der Waals surface area (Å²) in [6.45, 7) is 2.07. The van der Waals surface area contributed by atoms with Gasteiger partial charge in [0.25, 0.3) is 5.91 Å². The SMILES string of the molecule is COCCNC(=O)CNC(=O)c1cc(N)c(C)c(F)c1. The summed E-state index contributed by atoms with van der Waals surface area (Å²) in [5.41, 5.74) is 6.15. The van der Waals surface area contributed by atoms with Gasteiger partial charge in [-0.15, -0.1) is 0 Å². The van der Waals surface area contributed by atoms with E-state index in [2.05, 4.69) is 10.6 Å². The van der Waals surface area contributed by atoms with Gasteiger partial charge in [-0.2, -0.15) is 0 Å². The number of carbonyl (C=O) groups excluding carboxylic acids is 2. The maximum atomic E-state index is 13.5. The lowest BCUT2D eigenvalue weighted by Gasteiger charge is -2.08. The summed E-state index contributed by atoms with van der Waals surface area (Å²) < 4.78 is 18.2. The fourth-order valence-electron chi connectivity index (χ4n) is 1.45. The third-order valence-corrected chi connectivity index (χ3v) is 2.68. The van der Waals surface area contributed by atoms with Gasteiger partial charge < -0.3 is 21.1 Å². The van der Waals surface area contributed by atoms with Crippen LogP contribution in [0.3, 0.4) is 0 Å². The van der Waals surface area contributed by atoms with Crippen LogP contribution in [0.15, 0.2) is 12.1 Å². The molecule has 0 saturated heterocycles. The van der Waals surface area contributed by atoms with Crippen molar-refractivity contribution in [2.24, 2.45) is 0 Å². The van der Waals surface area contributed by atoms with Crippen LogP contribution in [0.25, 0.3) is 0 Å². The molecule has 2 amide bonds. The Hall–Kier alpha value is -2.15. The number of carbonyl (C=O) groups is 2. The second kappa shape index (κ2) is 7.44. The molecule has 0 atom stereocenters. The first-order valence-corrected chi connectivity index (χ1v) is 6.05. The molecule has 7 heteroatoms. The van der Waals surface area contributed by atoms with Gasteiger partial charge in [0, 0.05) is 30.5 Å². The molecule has 0 aliphatic carbocycles. The van der Waals surface area contributed by atoms with Crippen LogP contribution in [-0.2, 0) is 9.53 Å². The number of benzene rings is 1. The van der Waals surface area contributed by atoms with Gasteiger partial charge in [-0.05, 0) is 19.1 Å². The maximum absolute atomic E-state index is 13.5. The van der Waals surface area contributed by atoms with Crippen molar-refractivity contribution in [1.29, 1.82) is 0 Å². The van der Waals surface area contributed by atoms with Gasteiger partial charge in [-0.1, -0.05) is 0 Å². The lowest BCUT2D eigenvalue weighted by Crippen LogP contribution is -2.38. The van der Waals surface area contributed by atoms with Gasteiger partial charge in [0.15, 0.2) is 0 Å². The van der Waals surface area contributed by atoms with E-state index in [-0.39, 0.29) is 23.7 Å². The Morgan fingerprint density at radius 3 is 2.65 bits per heavy atom. The van der Waals surface area contributed by atoms with Crippen LogP contribution in [0.4, 0.5) is 10.1 Å². The zero-order valence-electron chi connectivity index (χ0n) is 11.5. The van der Waals surface area contributed by atoms with Crippen molar-refractivity contribution in [2.45, 2.75) is 6.92 Å². The van der Waals surface area contributed by atoms with Crippen LogP contribution in [-0.4, -0.2) is 38.6 Å². The van der Waals surface area contributed by atoms with Crippen molar-refractivity contribution in [3.05, 3.63) is 29.1 Å². The van der Waals surface area contributed by atoms with Gasteiger partial charge >= 0.3 is 0 Å². The van der Waals surface area contributed by atoms with E-state index in [1.165, 1.54) is 20.1 Å². The first kappa shape index (κ1) is 15.9. The Labute approximate surface area is 116 Å². The summed E-state index contributed by atoms with van der Waals surface area (Å²) in [5, 5.41) is 4.93. The van der Waals surface area contributed by atoms with Crippen LogP contribution in [0, 0.1) is 12.7 Å². The van der Waals surface area contributed by atoms with Crippen molar-refractivity contribution in [3.63, 3.8) is 0 Å². The number of ether oxygens (including phenoxy) is 1. The highest BCUT2D eigenvalue weighted by Crippen LogP contribution is 2.17. The molecule has 110 valence electrons. The normalized spacial score (nSPS) is 10.2. The molecular weight excluding hydrogens is 265 g/mol. The minimum atomic E-state index is -0.558. The van der Waals surface area contributed by atoms with Crippen molar-refractivity contribution in [3.8, 4) is 0 Å². The summed E-state index contributed by atoms with van der Waals surface area (Å²) in [6.07, 6.45) is 0. The average molecular weight is 283 g/mol. The maximum Gasteiger partial charge on any atom is 0.251 e. The molecule has 0 aliphatic rings. The van der Waals surface area contributed by atoms with Crippen molar-refractivity contribution < 1.29 is 18.7 Å². The quantitative estimate of drug-likeness (QED) is 0.514. The number of anilines is 1. The van der Waals surface area contributed by atoms with Crippen LogP contribution in [0.2, 0.25) is 0 Å². The lowest BCUT2D eigenvalue weighted by atomic mass is 10.1. The van der Waals surface area contributed by atoms with E-state index in [0.29, 0.717) is 18.7 Å². The fraction of sp³-hybridized carbons (Fsp3) is 0.385. The Morgan fingerprint density at radius 2 is 2.05 bits per heavy atom. The van der Waals surface area contributed by atoms with Crippen molar-refractivity contribution in [2.75, 3.05) is 32.5 Å². The summed E-state index contributed by atoms with van der Waals surface area (Å²) in [6, 6.07) is 2.46. The second-order valence-corrected chi connectivity index (χ2v) is 4.20. The van der Waals surface area contributed by atoms with E-state index in [0.717, 1.165) is 6.07 Å². The lowest BCUT2D eigenvalue weighted by molar-refractivity contribution is -0.120. The van der Waals surface area contributed by atoms with Gasteiger partial charge in [0.05, 0.1) is 13.2 Å². The molecule has 0 heterocycles. The molecule has 0 unspecified atom stereocenters. The predicted molar refractivity (Wildman–Crippen MR) is 72.8 cm³/mol. The molecule has 4 N–H and O–H groups in total. The van der Waals surface area contributed by atoms with E-state index >= 15 is 0 Å². The van der Waals surface area contributed by atoms with Crippen molar-refractivity contribution >= 4 is 17.5 Å². The number of hydrogen-bond acceptors (Lipinski definition) is 4. The highest BCUT2D eigenvalue weighted by molar-refractivity contribution is 5.97. The Bertz CT molecular complexity index is 483. The Balaban J connectivity index is 2.53. The van der Waals surface area contributed by atoms with Gasteiger partial charge in [0.2, 0.25) is 5.91 Å². The number of nitrogens with two attached hydrogens (primary N) is 1. The first-order valence-electron chi connectivity index (χ1n) is 6.05. The van der Waals surface area contributed by atoms with Crippen LogP contribution in [0.1, 0.15) is 15.9 Å². The Morgan fingerprint density at radius 1 is 1.35 bits per heavy atom. The summed E-state index contributed by atoms with van der Waals surface area (Å²) >= 11 is 0. The minimum absolute atomic E-state index is 0.0790. The fourth-order valence-corrected chi connectivity index (χ4v) is 1.45. The molecule has 0 aromatic heterocycles. The molecule has 0 bridgehead atoms. The topological polar surface area (TPSA) is 93.5 Å². The van der Waals surface area contributed by atoms with E-state index < -0.39 is 11.7 Å². The van der Waals surface area contributed by atoms with Gasteiger partial charge in [-0.3, -0.25) is 9.59 Å². The van der Waals surface area contributed by atoms with Gasteiger partial charge in [-0.25, -0.2) is 4.39 Å². The molecule has 6 nitrogen and oxygen atoms in total. The summed E-state index contributed by atoms with van der Waals surface area (Å²) in [7, 11) is 1.52. The molecule has 0 spiro atoms. The zero-order valence-corrected chi connectivity index (χ0v) is 11.5. The predicted octanol–water partition coefficient (Wildman–Crippen LogP) is 0.209.